The lowest BCUT2D eigenvalue weighted by Crippen LogP contribution is -2.58. The van der Waals surface area contributed by atoms with E-state index in [1.54, 1.807) is 25.1 Å². The number of hydrogen-bond donors (Lipinski definition) is 6. The monoisotopic (exact) mass is 673 g/mol. The number of hydrogen-bond acceptors (Lipinski definition) is 8. The van der Waals surface area contributed by atoms with Crippen LogP contribution in [-0.2, 0) is 33.5 Å². The largest absolute Gasteiger partial charge is 0.479 e. The van der Waals surface area contributed by atoms with Gasteiger partial charge in [-0.25, -0.2) is 9.59 Å². The smallest absolute Gasteiger partial charge is 0.407 e. The Morgan fingerprint density at radius 3 is 2.02 bits per heavy atom. The molecule has 0 spiro atoms. The number of amides is 5. The van der Waals surface area contributed by atoms with E-state index >= 15 is 0 Å². The van der Waals surface area contributed by atoms with Gasteiger partial charge in [0.05, 0.1) is 19.2 Å². The molecule has 14 heteroatoms. The van der Waals surface area contributed by atoms with Crippen LogP contribution < -0.4 is 26.6 Å². The van der Waals surface area contributed by atoms with Gasteiger partial charge in [-0.3, -0.25) is 24.0 Å². The summed E-state index contributed by atoms with van der Waals surface area (Å²) in [5, 5.41) is 22.1. The summed E-state index contributed by atoms with van der Waals surface area (Å²) in [6, 6.07) is 3.40. The second-order valence-corrected chi connectivity index (χ2v) is 13.0. The molecule has 6 N–H and O–H groups in total. The first-order chi connectivity index (χ1) is 22.7. The van der Waals surface area contributed by atoms with E-state index in [1.807, 2.05) is 27.7 Å². The van der Waals surface area contributed by atoms with E-state index in [4.69, 9.17) is 4.74 Å². The van der Waals surface area contributed by atoms with E-state index in [2.05, 4.69) is 26.6 Å². The number of benzene rings is 1. The van der Waals surface area contributed by atoms with Gasteiger partial charge in [0.1, 0.15) is 12.1 Å². The number of ether oxygens (including phenoxy) is 1. The molecule has 5 amide bonds. The Morgan fingerprint density at radius 2 is 1.46 bits per heavy atom. The first kappa shape index (κ1) is 39.7. The molecular formula is C34H51N5O9. The molecular weight excluding hydrogens is 622 g/mol. The Labute approximate surface area is 281 Å². The van der Waals surface area contributed by atoms with Gasteiger partial charge in [-0.2, -0.15) is 0 Å². The van der Waals surface area contributed by atoms with Crippen molar-refractivity contribution in [3.05, 3.63) is 35.9 Å². The second kappa shape index (κ2) is 20.0. The van der Waals surface area contributed by atoms with Crippen molar-refractivity contribution in [1.82, 2.24) is 26.6 Å². The molecule has 0 aliphatic heterocycles. The molecule has 0 bridgehead atoms. The summed E-state index contributed by atoms with van der Waals surface area (Å²) in [5.41, 5.74) is 0.325. The molecule has 266 valence electrons. The van der Waals surface area contributed by atoms with Crippen molar-refractivity contribution in [1.29, 1.82) is 0 Å². The normalized spacial score (nSPS) is 15.5. The highest BCUT2D eigenvalue weighted by molar-refractivity contribution is 6.38. The number of carbonyl (C=O) groups is 7. The Balaban J connectivity index is 2.08. The van der Waals surface area contributed by atoms with E-state index in [-0.39, 0.29) is 37.2 Å². The van der Waals surface area contributed by atoms with Crippen LogP contribution in [0.25, 0.3) is 0 Å². The third kappa shape index (κ3) is 13.3. The van der Waals surface area contributed by atoms with E-state index in [0.29, 0.717) is 12.0 Å². The van der Waals surface area contributed by atoms with Crippen molar-refractivity contribution in [3.63, 3.8) is 0 Å². The summed E-state index contributed by atoms with van der Waals surface area (Å²) in [4.78, 5) is 89.6. The van der Waals surface area contributed by atoms with E-state index in [1.165, 1.54) is 12.1 Å². The Morgan fingerprint density at radius 1 is 0.833 bits per heavy atom. The van der Waals surface area contributed by atoms with Gasteiger partial charge in [0.2, 0.25) is 23.5 Å². The van der Waals surface area contributed by atoms with Crippen LogP contribution in [0.2, 0.25) is 0 Å². The summed E-state index contributed by atoms with van der Waals surface area (Å²) < 4.78 is 5.24. The minimum atomic E-state index is -1.36. The van der Waals surface area contributed by atoms with Crippen LogP contribution in [0, 0.1) is 17.8 Å². The number of ketones is 1. The Hall–Kier alpha value is -4.49. The predicted molar refractivity (Wildman–Crippen MR) is 176 cm³/mol. The van der Waals surface area contributed by atoms with Crippen molar-refractivity contribution < 1.29 is 43.4 Å². The number of carboxylic acid groups (broad SMARTS) is 1. The molecule has 1 aromatic carbocycles. The fourth-order valence-electron chi connectivity index (χ4n) is 5.44. The SMILES string of the molecule is CCCC(NC(=O)[C@H](CC(C)C)NC(=O)[C@@H](NC(=O)OCC(C)C)C1CCCC1)C(=O)C(=O)NCC(=O)N[C@H](C(=O)O)c1ccccc1. The highest BCUT2D eigenvalue weighted by Crippen LogP contribution is 2.28. The van der Waals surface area contributed by atoms with Crippen LogP contribution in [0.5, 0.6) is 0 Å². The molecule has 2 rings (SSSR count). The van der Waals surface area contributed by atoms with Crippen LogP contribution in [0.4, 0.5) is 4.79 Å². The lowest BCUT2D eigenvalue weighted by Gasteiger charge is -2.28. The first-order valence-electron chi connectivity index (χ1n) is 16.7. The predicted octanol–water partition coefficient (Wildman–Crippen LogP) is 2.37. The van der Waals surface area contributed by atoms with Gasteiger partial charge in [0.25, 0.3) is 5.91 Å². The molecule has 0 saturated heterocycles. The zero-order valence-electron chi connectivity index (χ0n) is 28.5. The third-order valence-electron chi connectivity index (χ3n) is 7.84. The zero-order chi connectivity index (χ0) is 35.8. The molecule has 1 saturated carbocycles. The Bertz CT molecular complexity index is 1260. The molecule has 1 aliphatic rings. The second-order valence-electron chi connectivity index (χ2n) is 13.0. The summed E-state index contributed by atoms with van der Waals surface area (Å²) in [6.45, 7) is 8.79. The highest BCUT2D eigenvalue weighted by Gasteiger charge is 2.36. The number of nitrogens with one attached hydrogen (secondary N) is 5. The van der Waals surface area contributed by atoms with E-state index in [0.717, 1.165) is 25.7 Å². The number of alkyl carbamates (subject to hydrolysis) is 1. The average molecular weight is 674 g/mol. The first-order valence-corrected chi connectivity index (χ1v) is 16.7. The third-order valence-corrected chi connectivity index (χ3v) is 7.84. The molecule has 0 aromatic heterocycles. The molecule has 1 aliphatic carbocycles. The maximum Gasteiger partial charge on any atom is 0.407 e. The quantitative estimate of drug-likeness (QED) is 0.119. The minimum Gasteiger partial charge on any atom is -0.479 e. The maximum atomic E-state index is 13.5. The van der Waals surface area contributed by atoms with Crippen LogP contribution in [0.1, 0.15) is 91.2 Å². The van der Waals surface area contributed by atoms with Crippen molar-refractivity contribution >= 4 is 41.5 Å². The van der Waals surface area contributed by atoms with Gasteiger partial charge in [-0.05, 0) is 49.0 Å². The molecule has 1 fully saturated rings. The van der Waals surface area contributed by atoms with Crippen molar-refractivity contribution in [3.8, 4) is 0 Å². The number of carbonyl (C=O) groups excluding carboxylic acids is 6. The number of Topliss-reactive ketones (excluding diaryl/α,β-unsaturated/α-hetero) is 1. The van der Waals surface area contributed by atoms with Crippen molar-refractivity contribution in [2.75, 3.05) is 13.2 Å². The van der Waals surface area contributed by atoms with Gasteiger partial charge in [-0.1, -0.05) is 84.2 Å². The van der Waals surface area contributed by atoms with Gasteiger partial charge >= 0.3 is 12.1 Å². The molecule has 48 heavy (non-hydrogen) atoms. The molecule has 14 nitrogen and oxygen atoms in total. The van der Waals surface area contributed by atoms with Gasteiger partial charge < -0.3 is 36.4 Å². The average Bonchev–Trinajstić information content (AvgIpc) is 3.57. The minimum absolute atomic E-state index is 0.0393. The molecule has 4 atom stereocenters. The van der Waals surface area contributed by atoms with Gasteiger partial charge in [0, 0.05) is 0 Å². The zero-order valence-corrected chi connectivity index (χ0v) is 28.5. The fraction of sp³-hybridized carbons (Fsp3) is 0.618. The van der Waals surface area contributed by atoms with E-state index in [9.17, 15) is 38.7 Å². The number of carboxylic acids is 1. The van der Waals surface area contributed by atoms with Gasteiger partial charge in [-0.15, -0.1) is 0 Å². The lowest BCUT2D eigenvalue weighted by atomic mass is 9.96. The standard InChI is InChI=1S/C34H51N5O9/c1-6-12-24(29(41)32(44)35-18-26(40)38-28(33(45)46)23-13-8-7-9-14-23)36-30(42)25(17-20(2)3)37-31(43)27(22-15-10-11-16-22)39-34(47)48-19-21(4)5/h7-9,13-14,20-22,24-25,27-28H,6,10-12,15-19H2,1-5H3,(H,35,44)(H,36,42)(H,37,43)(H,38,40)(H,39,47)(H,45,46)/t24?,25-,27-,28-/m0/s1. The topological polar surface area (TPSA) is 209 Å². The van der Waals surface area contributed by atoms with Crippen molar-refractivity contribution in [2.45, 2.75) is 104 Å². The molecule has 1 unspecified atom stereocenters. The van der Waals surface area contributed by atoms with Crippen LogP contribution in [-0.4, -0.2) is 77.9 Å². The van der Waals surface area contributed by atoms with Crippen LogP contribution >= 0.6 is 0 Å². The lowest BCUT2D eigenvalue weighted by molar-refractivity contribution is -0.142. The molecule has 0 heterocycles. The highest BCUT2D eigenvalue weighted by atomic mass is 16.5. The van der Waals surface area contributed by atoms with Gasteiger partial charge in [0.15, 0.2) is 6.04 Å². The Kier molecular flexibility index (Phi) is 16.5. The van der Waals surface area contributed by atoms with E-state index < -0.39 is 72.2 Å². The summed E-state index contributed by atoms with van der Waals surface area (Å²) in [5.74, 6) is -5.54. The van der Waals surface area contributed by atoms with Crippen molar-refractivity contribution in [2.24, 2.45) is 17.8 Å². The number of rotatable bonds is 19. The fourth-order valence-corrected chi connectivity index (χ4v) is 5.44. The number of aliphatic carboxylic acids is 1. The molecule has 0 radical (unpaired) electrons. The summed E-state index contributed by atoms with van der Waals surface area (Å²) in [6.07, 6.45) is 3.31. The summed E-state index contributed by atoms with van der Waals surface area (Å²) >= 11 is 0. The summed E-state index contributed by atoms with van der Waals surface area (Å²) in [7, 11) is 0. The van der Waals surface area contributed by atoms with Crippen LogP contribution in [0.15, 0.2) is 30.3 Å². The maximum absolute atomic E-state index is 13.5. The van der Waals surface area contributed by atoms with Crippen LogP contribution in [0.3, 0.4) is 0 Å². The molecule has 1 aromatic rings.